The Balaban J connectivity index is 2.42. The highest BCUT2D eigenvalue weighted by Crippen LogP contribution is 2.38. The van der Waals surface area contributed by atoms with Crippen LogP contribution in [0, 0.1) is 23.7 Å². The third-order valence-corrected chi connectivity index (χ3v) is 4.35. The fourth-order valence-electron chi connectivity index (χ4n) is 3.13. The summed E-state index contributed by atoms with van der Waals surface area (Å²) in [7, 11) is 0. The second-order valence-electron chi connectivity index (χ2n) is 6.45. The van der Waals surface area contributed by atoms with Crippen LogP contribution < -0.4 is 0 Å². The quantitative estimate of drug-likeness (QED) is 0.441. The molecule has 0 radical (unpaired) electrons. The molecule has 3 heteroatoms. The molecule has 0 amide bonds. The van der Waals surface area contributed by atoms with E-state index >= 15 is 0 Å². The van der Waals surface area contributed by atoms with Gasteiger partial charge in [-0.2, -0.15) is 0 Å². The largest absolute Gasteiger partial charge is 0.463 e. The molecule has 0 bridgehead atoms. The molecule has 3 atom stereocenters. The molecule has 1 fully saturated rings. The summed E-state index contributed by atoms with van der Waals surface area (Å²) in [5.74, 6) is 2.36. The molecule has 116 valence electrons. The van der Waals surface area contributed by atoms with Crippen LogP contribution in [-0.4, -0.2) is 24.3 Å². The van der Waals surface area contributed by atoms with Gasteiger partial charge in [-0.3, -0.25) is 0 Å². The summed E-state index contributed by atoms with van der Waals surface area (Å²) in [6.07, 6.45) is 8.83. The number of carbonyl (C=O) groups is 1. The van der Waals surface area contributed by atoms with Crippen molar-refractivity contribution in [3.05, 3.63) is 12.2 Å². The Labute approximate surface area is 123 Å². The first-order valence-electron chi connectivity index (χ1n) is 8.00. The maximum atomic E-state index is 11.6. The number of rotatable bonds is 7. The summed E-state index contributed by atoms with van der Waals surface area (Å²) in [6.45, 7) is 7.40. The van der Waals surface area contributed by atoms with Gasteiger partial charge in [0.1, 0.15) is 0 Å². The fourth-order valence-corrected chi connectivity index (χ4v) is 3.13. The van der Waals surface area contributed by atoms with Crippen molar-refractivity contribution in [2.45, 2.75) is 52.9 Å². The van der Waals surface area contributed by atoms with Crippen LogP contribution in [0.25, 0.3) is 0 Å². The van der Waals surface area contributed by atoms with Crippen molar-refractivity contribution in [3.63, 3.8) is 0 Å². The molecule has 0 aromatic heterocycles. The first-order chi connectivity index (χ1) is 9.54. The van der Waals surface area contributed by atoms with E-state index < -0.39 is 0 Å². The lowest BCUT2D eigenvalue weighted by molar-refractivity contribution is -0.138. The van der Waals surface area contributed by atoms with Gasteiger partial charge in [-0.25, -0.2) is 4.79 Å². The van der Waals surface area contributed by atoms with Gasteiger partial charge in [0.05, 0.1) is 6.61 Å². The van der Waals surface area contributed by atoms with Crippen LogP contribution in [0.2, 0.25) is 0 Å². The Morgan fingerprint density at radius 1 is 1.35 bits per heavy atom. The molecule has 1 rings (SSSR count). The second-order valence-corrected chi connectivity index (χ2v) is 6.45. The summed E-state index contributed by atoms with van der Waals surface area (Å²) in [5.41, 5.74) is 0. The van der Waals surface area contributed by atoms with Crippen LogP contribution >= 0.6 is 0 Å². The van der Waals surface area contributed by atoms with Crippen LogP contribution in [0.15, 0.2) is 12.2 Å². The van der Waals surface area contributed by atoms with Gasteiger partial charge in [-0.05, 0) is 49.4 Å². The number of hydrogen-bond acceptors (Lipinski definition) is 3. The molecule has 0 saturated heterocycles. The molecular formula is C17H30O3. The highest BCUT2D eigenvalue weighted by atomic mass is 16.5. The van der Waals surface area contributed by atoms with Crippen molar-refractivity contribution < 1.29 is 14.6 Å². The van der Waals surface area contributed by atoms with E-state index in [1.165, 1.54) is 19.3 Å². The van der Waals surface area contributed by atoms with E-state index in [1.54, 1.807) is 6.08 Å². The van der Waals surface area contributed by atoms with Crippen LogP contribution in [-0.2, 0) is 9.53 Å². The van der Waals surface area contributed by atoms with Gasteiger partial charge < -0.3 is 9.84 Å². The summed E-state index contributed by atoms with van der Waals surface area (Å²) < 4.78 is 5.12. The van der Waals surface area contributed by atoms with E-state index in [1.807, 2.05) is 0 Å². The van der Waals surface area contributed by atoms with Gasteiger partial charge >= 0.3 is 5.97 Å². The van der Waals surface area contributed by atoms with Gasteiger partial charge in [0, 0.05) is 12.7 Å². The summed E-state index contributed by atoms with van der Waals surface area (Å²) in [5, 5.41) is 8.66. The standard InChI is InChI=1S/C17H30O3/c1-13(2)16-8-6-14(3)12-15(16)7-9-17(19)20-11-5-4-10-18/h7,9,13-16,18H,4-6,8,10-12H2,1-3H3. The molecule has 1 saturated carbocycles. The smallest absolute Gasteiger partial charge is 0.330 e. The minimum absolute atomic E-state index is 0.156. The number of carbonyl (C=O) groups excluding carboxylic acids is 1. The zero-order chi connectivity index (χ0) is 15.0. The predicted octanol–water partition coefficient (Wildman–Crippen LogP) is 3.57. The normalized spacial score (nSPS) is 27.1. The topological polar surface area (TPSA) is 46.5 Å². The van der Waals surface area contributed by atoms with Gasteiger partial charge in [0.15, 0.2) is 0 Å². The summed E-state index contributed by atoms with van der Waals surface area (Å²) >= 11 is 0. The lowest BCUT2D eigenvalue weighted by Gasteiger charge is -2.35. The third kappa shape index (κ3) is 6.08. The van der Waals surface area contributed by atoms with E-state index in [0.29, 0.717) is 30.8 Å². The molecule has 3 unspecified atom stereocenters. The number of allylic oxidation sites excluding steroid dienone is 1. The van der Waals surface area contributed by atoms with Crippen molar-refractivity contribution in [3.8, 4) is 0 Å². The van der Waals surface area contributed by atoms with Crippen LogP contribution in [0.5, 0.6) is 0 Å². The number of aliphatic hydroxyl groups excluding tert-OH is 1. The van der Waals surface area contributed by atoms with E-state index in [2.05, 4.69) is 26.8 Å². The van der Waals surface area contributed by atoms with E-state index in [0.717, 1.165) is 12.3 Å². The van der Waals surface area contributed by atoms with Crippen molar-refractivity contribution in [2.24, 2.45) is 23.7 Å². The summed E-state index contributed by atoms with van der Waals surface area (Å²) in [6, 6.07) is 0. The van der Waals surface area contributed by atoms with Gasteiger partial charge in [0.2, 0.25) is 0 Å². The minimum Gasteiger partial charge on any atom is -0.463 e. The monoisotopic (exact) mass is 282 g/mol. The van der Waals surface area contributed by atoms with Gasteiger partial charge in [-0.1, -0.05) is 33.3 Å². The Kier molecular flexibility index (Phi) is 7.90. The zero-order valence-electron chi connectivity index (χ0n) is 13.2. The fraction of sp³-hybridized carbons (Fsp3) is 0.824. The number of unbranched alkanes of at least 4 members (excludes halogenated alkanes) is 1. The highest BCUT2D eigenvalue weighted by Gasteiger charge is 2.28. The van der Waals surface area contributed by atoms with E-state index in [-0.39, 0.29) is 12.6 Å². The number of ether oxygens (including phenoxy) is 1. The Morgan fingerprint density at radius 3 is 2.75 bits per heavy atom. The first-order valence-corrected chi connectivity index (χ1v) is 8.00. The van der Waals surface area contributed by atoms with Gasteiger partial charge in [0.25, 0.3) is 0 Å². The maximum absolute atomic E-state index is 11.6. The van der Waals surface area contributed by atoms with Crippen molar-refractivity contribution in [1.29, 1.82) is 0 Å². The van der Waals surface area contributed by atoms with Crippen LogP contribution in [0.3, 0.4) is 0 Å². The molecule has 20 heavy (non-hydrogen) atoms. The molecule has 0 spiro atoms. The molecular weight excluding hydrogens is 252 g/mol. The summed E-state index contributed by atoms with van der Waals surface area (Å²) in [4.78, 5) is 11.6. The second kappa shape index (κ2) is 9.17. The molecule has 1 aliphatic rings. The van der Waals surface area contributed by atoms with Crippen LogP contribution in [0.1, 0.15) is 52.9 Å². The SMILES string of the molecule is CC1CCC(C(C)C)C(C=CC(=O)OCCCCO)C1. The number of aliphatic hydroxyl groups is 1. The minimum atomic E-state index is -0.247. The Hall–Kier alpha value is -0.830. The molecule has 1 aliphatic carbocycles. The molecule has 0 aromatic rings. The number of hydrogen-bond donors (Lipinski definition) is 1. The van der Waals surface area contributed by atoms with E-state index in [4.69, 9.17) is 9.84 Å². The molecule has 0 aromatic carbocycles. The predicted molar refractivity (Wildman–Crippen MR) is 81.3 cm³/mol. The zero-order valence-corrected chi connectivity index (χ0v) is 13.2. The van der Waals surface area contributed by atoms with Crippen molar-refractivity contribution in [2.75, 3.05) is 13.2 Å². The van der Waals surface area contributed by atoms with E-state index in [9.17, 15) is 4.79 Å². The van der Waals surface area contributed by atoms with Gasteiger partial charge in [-0.15, -0.1) is 0 Å². The third-order valence-electron chi connectivity index (χ3n) is 4.35. The highest BCUT2D eigenvalue weighted by molar-refractivity contribution is 5.81. The average molecular weight is 282 g/mol. The van der Waals surface area contributed by atoms with Crippen molar-refractivity contribution >= 4 is 5.97 Å². The average Bonchev–Trinajstić information content (AvgIpc) is 2.41. The lowest BCUT2D eigenvalue weighted by atomic mass is 9.70. The first kappa shape index (κ1) is 17.2. The Morgan fingerprint density at radius 2 is 2.10 bits per heavy atom. The molecule has 3 nitrogen and oxygen atoms in total. The molecule has 1 N–H and O–H groups in total. The van der Waals surface area contributed by atoms with Crippen LogP contribution in [0.4, 0.5) is 0 Å². The van der Waals surface area contributed by atoms with Crippen molar-refractivity contribution in [1.82, 2.24) is 0 Å². The Bertz CT molecular complexity index is 309. The molecule has 0 aliphatic heterocycles. The lowest BCUT2D eigenvalue weighted by Crippen LogP contribution is -2.26. The molecule has 0 heterocycles. The maximum Gasteiger partial charge on any atom is 0.330 e. The number of esters is 1.